The summed E-state index contributed by atoms with van der Waals surface area (Å²) >= 11 is 0. The van der Waals surface area contributed by atoms with E-state index in [2.05, 4.69) is 6.07 Å². The Morgan fingerprint density at radius 2 is 1.90 bits per heavy atom. The van der Waals surface area contributed by atoms with E-state index in [-0.39, 0.29) is 13.2 Å². The third-order valence-electron chi connectivity index (χ3n) is 3.04. The van der Waals surface area contributed by atoms with Crippen LogP contribution in [0.25, 0.3) is 0 Å². The minimum absolute atomic E-state index is 0.0440. The van der Waals surface area contributed by atoms with Crippen molar-refractivity contribution in [2.75, 3.05) is 6.61 Å². The quantitative estimate of drug-likeness (QED) is 0.868. The van der Waals surface area contributed by atoms with Gasteiger partial charge in [-0.05, 0) is 23.3 Å². The predicted molar refractivity (Wildman–Crippen MR) is 75.8 cm³/mol. The third-order valence-corrected chi connectivity index (χ3v) is 3.04. The van der Waals surface area contributed by atoms with Crippen LogP contribution in [-0.4, -0.2) is 11.7 Å². The van der Waals surface area contributed by atoms with Crippen molar-refractivity contribution in [3.05, 3.63) is 65.7 Å². The van der Waals surface area contributed by atoms with Crippen molar-refractivity contribution in [2.24, 2.45) is 5.73 Å². The summed E-state index contributed by atoms with van der Waals surface area (Å²) in [5.41, 5.74) is 6.36. The summed E-state index contributed by atoms with van der Waals surface area (Å²) in [6.07, 6.45) is 0. The van der Waals surface area contributed by atoms with Crippen LogP contribution in [0.3, 0.4) is 0 Å². The summed E-state index contributed by atoms with van der Waals surface area (Å²) in [4.78, 5) is 0. The van der Waals surface area contributed by atoms with Crippen molar-refractivity contribution in [1.29, 1.82) is 5.26 Å². The number of hydrogen-bond donors (Lipinski definition) is 2. The third kappa shape index (κ3) is 3.15. The second kappa shape index (κ2) is 6.20. The molecule has 0 aliphatic heterocycles. The fourth-order valence-corrected chi connectivity index (χ4v) is 1.85. The van der Waals surface area contributed by atoms with Crippen LogP contribution in [0.4, 0.5) is 0 Å². The number of rotatable bonds is 5. The number of nitriles is 1. The van der Waals surface area contributed by atoms with Crippen LogP contribution in [0.2, 0.25) is 0 Å². The SMILES string of the molecule is N#CC(N)(COc1cccc(CO)c1)c1ccccc1. The summed E-state index contributed by atoms with van der Waals surface area (Å²) < 4.78 is 5.60. The molecule has 0 bridgehead atoms. The first kappa shape index (κ1) is 14.1. The molecule has 0 fully saturated rings. The van der Waals surface area contributed by atoms with Crippen LogP contribution in [0.1, 0.15) is 11.1 Å². The van der Waals surface area contributed by atoms with Crippen LogP contribution in [0, 0.1) is 11.3 Å². The molecule has 0 heterocycles. The molecule has 0 aliphatic rings. The molecule has 0 radical (unpaired) electrons. The lowest BCUT2D eigenvalue weighted by atomic mass is 9.94. The van der Waals surface area contributed by atoms with E-state index in [0.717, 1.165) is 5.56 Å². The number of aliphatic hydroxyl groups is 1. The van der Waals surface area contributed by atoms with Crippen LogP contribution < -0.4 is 10.5 Å². The lowest BCUT2D eigenvalue weighted by Gasteiger charge is -2.22. The Balaban J connectivity index is 2.13. The molecule has 3 N–H and O–H groups in total. The molecule has 0 spiro atoms. The zero-order valence-electron chi connectivity index (χ0n) is 11.0. The average molecular weight is 268 g/mol. The highest BCUT2D eigenvalue weighted by atomic mass is 16.5. The first-order chi connectivity index (χ1) is 9.68. The fourth-order valence-electron chi connectivity index (χ4n) is 1.85. The van der Waals surface area contributed by atoms with Crippen molar-refractivity contribution in [3.8, 4) is 11.8 Å². The molecule has 0 aliphatic carbocycles. The van der Waals surface area contributed by atoms with E-state index in [9.17, 15) is 5.26 Å². The maximum Gasteiger partial charge on any atom is 0.164 e. The van der Waals surface area contributed by atoms with E-state index in [0.29, 0.717) is 11.3 Å². The predicted octanol–water partition coefficient (Wildman–Crippen LogP) is 1.94. The number of aliphatic hydroxyl groups excluding tert-OH is 1. The molecule has 2 aromatic carbocycles. The van der Waals surface area contributed by atoms with E-state index in [4.69, 9.17) is 15.6 Å². The minimum Gasteiger partial charge on any atom is -0.490 e. The second-order valence-corrected chi connectivity index (χ2v) is 4.54. The minimum atomic E-state index is -1.20. The fraction of sp³-hybridized carbons (Fsp3) is 0.188. The van der Waals surface area contributed by atoms with E-state index >= 15 is 0 Å². The Hall–Kier alpha value is -2.35. The Bertz CT molecular complexity index is 607. The topological polar surface area (TPSA) is 79.3 Å². The normalized spacial score (nSPS) is 13.2. The van der Waals surface area contributed by atoms with Gasteiger partial charge in [-0.25, -0.2) is 0 Å². The largest absolute Gasteiger partial charge is 0.490 e. The molecule has 4 nitrogen and oxygen atoms in total. The maximum atomic E-state index is 9.32. The van der Waals surface area contributed by atoms with Crippen molar-refractivity contribution >= 4 is 0 Å². The van der Waals surface area contributed by atoms with Gasteiger partial charge in [0.2, 0.25) is 0 Å². The summed E-state index contributed by atoms with van der Waals surface area (Å²) in [6, 6.07) is 18.3. The molecule has 20 heavy (non-hydrogen) atoms. The molecule has 0 aromatic heterocycles. The average Bonchev–Trinajstić information content (AvgIpc) is 2.53. The number of hydrogen-bond acceptors (Lipinski definition) is 4. The zero-order chi connectivity index (χ0) is 14.4. The van der Waals surface area contributed by atoms with Crippen LogP contribution in [0.5, 0.6) is 5.75 Å². The highest BCUT2D eigenvalue weighted by Crippen LogP contribution is 2.20. The number of nitrogens with zero attached hydrogens (tertiary/aromatic N) is 1. The van der Waals surface area contributed by atoms with Gasteiger partial charge in [-0.3, -0.25) is 0 Å². The van der Waals surface area contributed by atoms with Gasteiger partial charge in [-0.15, -0.1) is 0 Å². The van der Waals surface area contributed by atoms with Gasteiger partial charge < -0.3 is 15.6 Å². The molecule has 102 valence electrons. The summed E-state index contributed by atoms with van der Waals surface area (Å²) in [7, 11) is 0. The Labute approximate surface area is 118 Å². The molecular formula is C16H16N2O2. The number of benzene rings is 2. The van der Waals surface area contributed by atoms with Gasteiger partial charge in [-0.1, -0.05) is 42.5 Å². The van der Waals surface area contributed by atoms with Gasteiger partial charge in [0, 0.05) is 0 Å². The van der Waals surface area contributed by atoms with Gasteiger partial charge in [0.25, 0.3) is 0 Å². The van der Waals surface area contributed by atoms with Gasteiger partial charge in [0.15, 0.2) is 5.54 Å². The van der Waals surface area contributed by atoms with Crippen LogP contribution >= 0.6 is 0 Å². The van der Waals surface area contributed by atoms with E-state index < -0.39 is 5.54 Å². The molecule has 4 heteroatoms. The molecule has 2 rings (SSSR count). The molecular weight excluding hydrogens is 252 g/mol. The van der Waals surface area contributed by atoms with Crippen molar-refractivity contribution in [3.63, 3.8) is 0 Å². The standard InChI is InChI=1S/C16H16N2O2/c17-11-16(18,14-6-2-1-3-7-14)12-20-15-8-4-5-13(9-15)10-19/h1-9,19H,10,12,18H2. The van der Waals surface area contributed by atoms with Crippen molar-refractivity contribution in [2.45, 2.75) is 12.1 Å². The number of nitrogens with two attached hydrogens (primary N) is 1. The smallest absolute Gasteiger partial charge is 0.164 e. The summed E-state index contributed by atoms with van der Waals surface area (Å²) in [6.45, 7) is -0.00962. The summed E-state index contributed by atoms with van der Waals surface area (Å²) in [5, 5.41) is 18.4. The highest BCUT2D eigenvalue weighted by molar-refractivity contribution is 5.32. The summed E-state index contributed by atoms with van der Waals surface area (Å²) in [5.74, 6) is 0.581. The Morgan fingerprint density at radius 1 is 1.15 bits per heavy atom. The van der Waals surface area contributed by atoms with Crippen LogP contribution in [0.15, 0.2) is 54.6 Å². The van der Waals surface area contributed by atoms with E-state index in [1.807, 2.05) is 18.2 Å². The lowest BCUT2D eigenvalue weighted by molar-refractivity contribution is 0.252. The van der Waals surface area contributed by atoms with Gasteiger partial charge in [-0.2, -0.15) is 5.26 Å². The second-order valence-electron chi connectivity index (χ2n) is 4.54. The van der Waals surface area contributed by atoms with Gasteiger partial charge in [0.05, 0.1) is 12.7 Å². The van der Waals surface area contributed by atoms with Gasteiger partial charge >= 0.3 is 0 Å². The molecule has 2 aromatic rings. The molecule has 0 amide bonds. The molecule has 1 atom stereocenters. The van der Waals surface area contributed by atoms with Crippen molar-refractivity contribution in [1.82, 2.24) is 0 Å². The highest BCUT2D eigenvalue weighted by Gasteiger charge is 2.28. The molecule has 0 saturated heterocycles. The first-order valence-corrected chi connectivity index (χ1v) is 6.26. The first-order valence-electron chi connectivity index (χ1n) is 6.26. The van der Waals surface area contributed by atoms with E-state index in [1.54, 1.807) is 36.4 Å². The number of ether oxygens (including phenoxy) is 1. The van der Waals surface area contributed by atoms with E-state index in [1.165, 1.54) is 0 Å². The Kier molecular flexibility index (Phi) is 4.36. The zero-order valence-corrected chi connectivity index (χ0v) is 11.0. The Morgan fingerprint density at radius 3 is 2.55 bits per heavy atom. The van der Waals surface area contributed by atoms with Crippen molar-refractivity contribution < 1.29 is 9.84 Å². The lowest BCUT2D eigenvalue weighted by Crippen LogP contribution is -2.41. The van der Waals surface area contributed by atoms with Crippen LogP contribution in [-0.2, 0) is 12.1 Å². The maximum absolute atomic E-state index is 9.32. The van der Waals surface area contributed by atoms with Gasteiger partial charge in [0.1, 0.15) is 12.4 Å². The molecule has 1 unspecified atom stereocenters. The monoisotopic (exact) mass is 268 g/mol. The molecule has 0 saturated carbocycles.